The molecule has 2 aromatic carbocycles. The van der Waals surface area contributed by atoms with Gasteiger partial charge < -0.3 is 14.2 Å². The molecule has 0 aromatic heterocycles. The molecule has 2 aromatic rings. The summed E-state index contributed by atoms with van der Waals surface area (Å²) in [6, 6.07) is 10.6. The lowest BCUT2D eigenvalue weighted by molar-refractivity contribution is -0.385. The van der Waals surface area contributed by atoms with Gasteiger partial charge in [-0.2, -0.15) is 0 Å². The molecule has 0 saturated heterocycles. The van der Waals surface area contributed by atoms with Crippen LogP contribution in [0, 0.1) is 10.1 Å². The summed E-state index contributed by atoms with van der Waals surface area (Å²) in [5, 5.41) is 11.4. The average Bonchev–Trinajstić information content (AvgIpc) is 2.70. The second kappa shape index (κ2) is 8.79. The molecule has 0 fully saturated rings. The van der Waals surface area contributed by atoms with Crippen molar-refractivity contribution in [1.29, 1.82) is 0 Å². The van der Waals surface area contributed by atoms with Gasteiger partial charge in [0.15, 0.2) is 0 Å². The molecule has 8 heteroatoms. The van der Waals surface area contributed by atoms with Crippen molar-refractivity contribution in [2.24, 2.45) is 0 Å². The molecule has 0 bridgehead atoms. The van der Waals surface area contributed by atoms with Gasteiger partial charge in [-0.05, 0) is 30.2 Å². The minimum Gasteiger partial charge on any atom is -0.497 e. The van der Waals surface area contributed by atoms with Crippen molar-refractivity contribution in [2.45, 2.75) is 12.3 Å². The number of carbonyl (C=O) groups is 2. The van der Waals surface area contributed by atoms with Crippen LogP contribution in [0.2, 0.25) is 0 Å². The van der Waals surface area contributed by atoms with Crippen LogP contribution in [0.15, 0.2) is 42.5 Å². The lowest BCUT2D eigenvalue weighted by atomic mass is 9.88. The highest BCUT2D eigenvalue weighted by molar-refractivity contribution is 5.91. The molecule has 0 saturated carbocycles. The highest BCUT2D eigenvalue weighted by Gasteiger charge is 2.30. The van der Waals surface area contributed by atoms with Gasteiger partial charge in [-0.15, -0.1) is 0 Å². The maximum absolute atomic E-state index is 12.4. The fraction of sp³-hybridized carbons (Fsp3) is 0.263. The first kappa shape index (κ1) is 19.9. The number of nitrogens with zero attached hydrogens (tertiary/aromatic N) is 1. The maximum Gasteiger partial charge on any atom is 0.338 e. The van der Waals surface area contributed by atoms with Crippen molar-refractivity contribution in [3.63, 3.8) is 0 Å². The highest BCUT2D eigenvalue weighted by atomic mass is 16.6. The third-order valence-corrected chi connectivity index (χ3v) is 4.14. The SMILES string of the molecule is COC(=O)c1ccc(OC)cc1CC(C(=O)OC)c1ccccc1[N+](=O)[O-]. The molecule has 0 heterocycles. The summed E-state index contributed by atoms with van der Waals surface area (Å²) in [7, 11) is 3.92. The van der Waals surface area contributed by atoms with Gasteiger partial charge in [-0.1, -0.05) is 18.2 Å². The van der Waals surface area contributed by atoms with Crippen molar-refractivity contribution in [1.82, 2.24) is 0 Å². The Balaban J connectivity index is 2.57. The maximum atomic E-state index is 12.4. The summed E-state index contributed by atoms with van der Waals surface area (Å²) in [4.78, 5) is 35.3. The molecular weight excluding hydrogens is 354 g/mol. The Labute approximate surface area is 155 Å². The minimum absolute atomic E-state index is 0.000833. The average molecular weight is 373 g/mol. The number of hydrogen-bond donors (Lipinski definition) is 0. The third kappa shape index (κ3) is 4.41. The normalized spacial score (nSPS) is 11.4. The number of nitro benzene ring substituents is 1. The number of rotatable bonds is 7. The van der Waals surface area contributed by atoms with Crippen LogP contribution in [0.25, 0.3) is 0 Å². The van der Waals surface area contributed by atoms with Crippen molar-refractivity contribution in [3.8, 4) is 5.75 Å². The highest BCUT2D eigenvalue weighted by Crippen LogP contribution is 2.32. The van der Waals surface area contributed by atoms with E-state index in [1.54, 1.807) is 18.2 Å². The molecule has 0 N–H and O–H groups in total. The Morgan fingerprint density at radius 2 is 1.78 bits per heavy atom. The van der Waals surface area contributed by atoms with Crippen LogP contribution in [0.1, 0.15) is 27.4 Å². The number of hydrogen-bond acceptors (Lipinski definition) is 7. The van der Waals surface area contributed by atoms with E-state index in [1.807, 2.05) is 0 Å². The summed E-state index contributed by atoms with van der Waals surface area (Å²) in [6.07, 6.45) is -0.000833. The minimum atomic E-state index is -0.980. The first-order chi connectivity index (χ1) is 12.9. The smallest absolute Gasteiger partial charge is 0.338 e. The molecule has 0 amide bonds. The van der Waals surface area contributed by atoms with Crippen LogP contribution in [0.3, 0.4) is 0 Å². The molecule has 1 atom stereocenters. The molecule has 0 aliphatic heterocycles. The van der Waals surface area contributed by atoms with E-state index in [-0.39, 0.29) is 23.2 Å². The number of para-hydroxylation sites is 1. The van der Waals surface area contributed by atoms with Gasteiger partial charge >= 0.3 is 11.9 Å². The Morgan fingerprint density at radius 1 is 1.07 bits per heavy atom. The van der Waals surface area contributed by atoms with Crippen LogP contribution in [-0.4, -0.2) is 38.2 Å². The first-order valence-electron chi connectivity index (χ1n) is 7.99. The van der Waals surface area contributed by atoms with Gasteiger partial charge in [-0.25, -0.2) is 4.79 Å². The first-order valence-corrected chi connectivity index (χ1v) is 7.99. The predicted octanol–water partition coefficient (Wildman–Crippen LogP) is 2.89. The Bertz CT molecular complexity index is 863. The zero-order valence-corrected chi connectivity index (χ0v) is 15.1. The van der Waals surface area contributed by atoms with E-state index in [4.69, 9.17) is 14.2 Å². The summed E-state index contributed by atoms with van der Waals surface area (Å²) >= 11 is 0. The van der Waals surface area contributed by atoms with Gasteiger partial charge in [0.25, 0.3) is 5.69 Å². The molecule has 2 rings (SSSR count). The van der Waals surface area contributed by atoms with Crippen molar-refractivity contribution < 1.29 is 28.7 Å². The monoisotopic (exact) mass is 373 g/mol. The summed E-state index contributed by atoms with van der Waals surface area (Å²) in [6.45, 7) is 0. The van der Waals surface area contributed by atoms with Crippen LogP contribution >= 0.6 is 0 Å². The molecule has 0 aliphatic rings. The Morgan fingerprint density at radius 3 is 2.37 bits per heavy atom. The lowest BCUT2D eigenvalue weighted by Crippen LogP contribution is -2.19. The lowest BCUT2D eigenvalue weighted by Gasteiger charge is -2.17. The number of benzene rings is 2. The quantitative estimate of drug-likeness (QED) is 0.417. The predicted molar refractivity (Wildman–Crippen MR) is 95.9 cm³/mol. The summed E-state index contributed by atoms with van der Waals surface area (Å²) < 4.78 is 14.8. The van der Waals surface area contributed by atoms with E-state index in [0.29, 0.717) is 11.3 Å². The van der Waals surface area contributed by atoms with E-state index in [1.165, 1.54) is 45.6 Å². The molecule has 0 radical (unpaired) electrons. The molecule has 27 heavy (non-hydrogen) atoms. The molecular formula is C19H19NO7. The van der Waals surface area contributed by atoms with Crippen molar-refractivity contribution in [2.75, 3.05) is 21.3 Å². The van der Waals surface area contributed by atoms with E-state index in [9.17, 15) is 19.7 Å². The zero-order chi connectivity index (χ0) is 20.0. The Hall–Kier alpha value is -3.42. The second-order valence-corrected chi connectivity index (χ2v) is 5.61. The topological polar surface area (TPSA) is 105 Å². The van der Waals surface area contributed by atoms with Crippen LogP contribution < -0.4 is 4.74 Å². The summed E-state index contributed by atoms with van der Waals surface area (Å²) in [5.74, 6) is -1.74. The molecule has 1 unspecified atom stereocenters. The molecule has 142 valence electrons. The van der Waals surface area contributed by atoms with Gasteiger partial charge in [0.1, 0.15) is 5.75 Å². The Kier molecular flexibility index (Phi) is 6.48. The van der Waals surface area contributed by atoms with Gasteiger partial charge in [0.05, 0.1) is 37.7 Å². The fourth-order valence-corrected chi connectivity index (χ4v) is 2.81. The van der Waals surface area contributed by atoms with Crippen LogP contribution in [0.4, 0.5) is 5.69 Å². The number of ether oxygens (including phenoxy) is 3. The van der Waals surface area contributed by atoms with E-state index >= 15 is 0 Å². The van der Waals surface area contributed by atoms with Crippen LogP contribution in [0.5, 0.6) is 5.75 Å². The van der Waals surface area contributed by atoms with Gasteiger partial charge in [-0.3, -0.25) is 14.9 Å². The van der Waals surface area contributed by atoms with E-state index in [0.717, 1.165) is 0 Å². The van der Waals surface area contributed by atoms with E-state index in [2.05, 4.69) is 0 Å². The van der Waals surface area contributed by atoms with Gasteiger partial charge in [0, 0.05) is 11.6 Å². The number of esters is 2. The largest absolute Gasteiger partial charge is 0.497 e. The van der Waals surface area contributed by atoms with Crippen molar-refractivity contribution in [3.05, 3.63) is 69.3 Å². The summed E-state index contributed by atoms with van der Waals surface area (Å²) in [5.41, 5.74) is 0.698. The molecule has 8 nitrogen and oxygen atoms in total. The fourth-order valence-electron chi connectivity index (χ4n) is 2.81. The van der Waals surface area contributed by atoms with Crippen molar-refractivity contribution >= 4 is 17.6 Å². The number of nitro groups is 1. The zero-order valence-electron chi connectivity index (χ0n) is 15.1. The van der Waals surface area contributed by atoms with E-state index < -0.39 is 22.8 Å². The van der Waals surface area contributed by atoms with Gasteiger partial charge in [0.2, 0.25) is 0 Å². The third-order valence-electron chi connectivity index (χ3n) is 4.14. The molecule has 0 spiro atoms. The standard InChI is InChI=1S/C19H19NO7/c1-25-13-8-9-14(18(21)26-2)12(10-13)11-16(19(22)27-3)15-6-4-5-7-17(15)20(23)24/h4-10,16H,11H2,1-3H3. The van der Waals surface area contributed by atoms with Crippen LogP contribution in [-0.2, 0) is 20.7 Å². The number of carbonyl (C=O) groups excluding carboxylic acids is 2. The second-order valence-electron chi connectivity index (χ2n) is 5.61. The molecule has 0 aliphatic carbocycles. The number of methoxy groups -OCH3 is 3.